The number of hydrogen-bond acceptors (Lipinski definition) is 1. The third-order valence-electron chi connectivity index (χ3n) is 7.74. The summed E-state index contributed by atoms with van der Waals surface area (Å²) in [5.74, 6) is -2.58. The van der Waals surface area contributed by atoms with E-state index in [0.29, 0.717) is 17.8 Å². The first-order chi connectivity index (χ1) is 10.3. The van der Waals surface area contributed by atoms with E-state index in [4.69, 9.17) is 0 Å². The minimum Gasteiger partial charge on any atom is -0.292 e. The molecule has 4 aliphatic rings. The van der Waals surface area contributed by atoms with E-state index in [2.05, 4.69) is 6.92 Å². The summed E-state index contributed by atoms with van der Waals surface area (Å²) in [5.41, 5.74) is 0.219. The average Bonchev–Trinajstić information content (AvgIpc) is 2.66. The number of fused-ring (bicyclic) bond motifs is 5. The summed E-state index contributed by atoms with van der Waals surface area (Å²) in [6, 6.07) is 0. The van der Waals surface area contributed by atoms with Crippen LogP contribution >= 0.6 is 0 Å². The van der Waals surface area contributed by atoms with Crippen LogP contribution in [0.25, 0.3) is 0 Å². The fraction of sp³-hybridized carbons (Fsp3) is 0.842. The molecule has 3 saturated carbocycles. The highest BCUT2D eigenvalue weighted by molar-refractivity contribution is 5.98. The summed E-state index contributed by atoms with van der Waals surface area (Å²) in [4.78, 5) is 12.2. The molecule has 0 aromatic rings. The maximum Gasteiger partial charge on any atom is 0.324 e. The molecule has 22 heavy (non-hydrogen) atoms. The SMILES string of the molecule is C[C@]12CC[C@H]3[C@@H](CC[C@H]4CCCC[C@@]43C)C1=CC(F)(F)C2=O. The van der Waals surface area contributed by atoms with Gasteiger partial charge in [-0.3, -0.25) is 4.79 Å². The van der Waals surface area contributed by atoms with Gasteiger partial charge >= 0.3 is 5.92 Å². The highest BCUT2D eigenvalue weighted by Gasteiger charge is 2.63. The Hall–Kier alpha value is -0.730. The zero-order valence-corrected chi connectivity index (χ0v) is 13.6. The molecule has 122 valence electrons. The monoisotopic (exact) mass is 308 g/mol. The fourth-order valence-corrected chi connectivity index (χ4v) is 6.47. The van der Waals surface area contributed by atoms with Gasteiger partial charge in [-0.25, -0.2) is 0 Å². The lowest BCUT2D eigenvalue weighted by atomic mass is 9.46. The molecule has 0 aromatic heterocycles. The average molecular weight is 308 g/mol. The van der Waals surface area contributed by atoms with E-state index in [0.717, 1.165) is 36.8 Å². The number of allylic oxidation sites excluding steroid dienone is 2. The van der Waals surface area contributed by atoms with Gasteiger partial charge in [-0.1, -0.05) is 25.3 Å². The Morgan fingerprint density at radius 1 is 1.05 bits per heavy atom. The summed E-state index contributed by atoms with van der Waals surface area (Å²) >= 11 is 0. The van der Waals surface area contributed by atoms with E-state index >= 15 is 0 Å². The van der Waals surface area contributed by atoms with Crippen LogP contribution in [0.1, 0.15) is 65.2 Å². The topological polar surface area (TPSA) is 17.1 Å². The van der Waals surface area contributed by atoms with Gasteiger partial charge in [0, 0.05) is 0 Å². The molecule has 3 heteroatoms. The number of alkyl halides is 2. The Bertz CT molecular complexity index is 552. The summed E-state index contributed by atoms with van der Waals surface area (Å²) in [5, 5.41) is 0. The third-order valence-corrected chi connectivity index (χ3v) is 7.74. The van der Waals surface area contributed by atoms with Gasteiger partial charge in [-0.05, 0) is 74.7 Å². The number of Topliss-reactive ketones (excluding diaryl/α,β-unsaturated/α-hetero) is 1. The molecule has 0 unspecified atom stereocenters. The van der Waals surface area contributed by atoms with Gasteiger partial charge in [-0.2, -0.15) is 8.78 Å². The van der Waals surface area contributed by atoms with Crippen LogP contribution in [0.3, 0.4) is 0 Å². The zero-order chi connectivity index (χ0) is 15.8. The first-order valence-electron chi connectivity index (χ1n) is 8.95. The molecule has 4 aliphatic carbocycles. The van der Waals surface area contributed by atoms with E-state index in [1.807, 2.05) is 0 Å². The van der Waals surface area contributed by atoms with Crippen LogP contribution in [0.15, 0.2) is 11.6 Å². The van der Waals surface area contributed by atoms with Crippen LogP contribution in [0, 0.1) is 28.6 Å². The molecule has 0 amide bonds. The van der Waals surface area contributed by atoms with Crippen LogP contribution in [-0.4, -0.2) is 11.7 Å². The fourth-order valence-electron chi connectivity index (χ4n) is 6.47. The van der Waals surface area contributed by atoms with Gasteiger partial charge in [0.2, 0.25) is 5.78 Å². The minimum atomic E-state index is -3.23. The lowest BCUT2D eigenvalue weighted by molar-refractivity contribution is -0.145. The van der Waals surface area contributed by atoms with Gasteiger partial charge in [0.15, 0.2) is 0 Å². The number of rotatable bonds is 0. The van der Waals surface area contributed by atoms with E-state index < -0.39 is 17.1 Å². The molecule has 0 N–H and O–H groups in total. The minimum absolute atomic E-state index is 0.218. The maximum absolute atomic E-state index is 14.0. The van der Waals surface area contributed by atoms with Crippen molar-refractivity contribution in [3.8, 4) is 0 Å². The van der Waals surface area contributed by atoms with E-state index in [9.17, 15) is 13.6 Å². The van der Waals surface area contributed by atoms with E-state index in [-0.39, 0.29) is 5.92 Å². The Balaban J connectivity index is 1.73. The second-order valence-electron chi connectivity index (χ2n) is 8.66. The van der Waals surface area contributed by atoms with Gasteiger partial charge < -0.3 is 0 Å². The number of ketones is 1. The zero-order valence-electron chi connectivity index (χ0n) is 13.6. The van der Waals surface area contributed by atoms with Crippen molar-refractivity contribution in [3.63, 3.8) is 0 Å². The summed E-state index contributed by atoms with van der Waals surface area (Å²) in [6.07, 6.45) is 9.96. The largest absolute Gasteiger partial charge is 0.324 e. The van der Waals surface area contributed by atoms with Crippen LogP contribution in [0.4, 0.5) is 8.78 Å². The molecular weight excluding hydrogens is 282 g/mol. The molecule has 0 aromatic carbocycles. The smallest absolute Gasteiger partial charge is 0.292 e. The number of hydrogen-bond donors (Lipinski definition) is 0. The summed E-state index contributed by atoms with van der Waals surface area (Å²) < 4.78 is 28.1. The quantitative estimate of drug-likeness (QED) is 0.565. The summed E-state index contributed by atoms with van der Waals surface area (Å²) in [6.45, 7) is 4.18. The van der Waals surface area contributed by atoms with E-state index in [1.54, 1.807) is 6.92 Å². The Morgan fingerprint density at radius 2 is 1.82 bits per heavy atom. The van der Waals surface area contributed by atoms with Crippen molar-refractivity contribution in [3.05, 3.63) is 11.6 Å². The molecule has 0 saturated heterocycles. The summed E-state index contributed by atoms with van der Waals surface area (Å²) in [7, 11) is 0. The van der Waals surface area contributed by atoms with Crippen molar-refractivity contribution in [1.29, 1.82) is 0 Å². The van der Waals surface area contributed by atoms with Gasteiger partial charge in [0.1, 0.15) is 0 Å². The van der Waals surface area contributed by atoms with E-state index in [1.165, 1.54) is 25.7 Å². The third kappa shape index (κ3) is 1.71. The van der Waals surface area contributed by atoms with Gasteiger partial charge in [0.25, 0.3) is 0 Å². The van der Waals surface area contributed by atoms with Crippen molar-refractivity contribution < 1.29 is 13.6 Å². The molecule has 3 fully saturated rings. The second-order valence-corrected chi connectivity index (χ2v) is 8.66. The van der Waals surface area contributed by atoms with Gasteiger partial charge in [-0.15, -0.1) is 0 Å². The standard InChI is InChI=1S/C19H26F2O/c1-17-9-4-3-5-12(17)6-7-13-14(17)8-10-18(2)15(13)11-19(20,21)16(18)22/h11-14H,3-10H2,1-2H3/t12-,13-,14+,17+,18+/m1/s1. The van der Waals surface area contributed by atoms with Crippen molar-refractivity contribution in [2.75, 3.05) is 0 Å². The molecule has 0 bridgehead atoms. The Labute approximate surface area is 131 Å². The molecule has 0 spiro atoms. The van der Waals surface area contributed by atoms with Crippen molar-refractivity contribution in [2.45, 2.75) is 71.1 Å². The number of carbonyl (C=O) groups excluding carboxylic acids is 1. The molecular formula is C19H26F2O. The lowest BCUT2D eigenvalue weighted by Gasteiger charge is -2.58. The predicted molar refractivity (Wildman–Crippen MR) is 81.7 cm³/mol. The normalized spacial score (nSPS) is 49.9. The highest BCUT2D eigenvalue weighted by atomic mass is 19.3. The molecule has 5 atom stereocenters. The molecule has 1 nitrogen and oxygen atoms in total. The van der Waals surface area contributed by atoms with Crippen molar-refractivity contribution in [2.24, 2.45) is 28.6 Å². The predicted octanol–water partition coefficient (Wildman–Crippen LogP) is 5.15. The van der Waals surface area contributed by atoms with Crippen LogP contribution in [-0.2, 0) is 4.79 Å². The van der Waals surface area contributed by atoms with Crippen LogP contribution in [0.5, 0.6) is 0 Å². The molecule has 0 heterocycles. The van der Waals surface area contributed by atoms with Crippen LogP contribution < -0.4 is 0 Å². The van der Waals surface area contributed by atoms with Crippen molar-refractivity contribution in [1.82, 2.24) is 0 Å². The number of halogens is 2. The highest BCUT2D eigenvalue weighted by Crippen LogP contribution is 2.65. The van der Waals surface area contributed by atoms with Crippen LogP contribution in [0.2, 0.25) is 0 Å². The number of carbonyl (C=O) groups is 1. The Kier molecular flexibility index (Phi) is 2.98. The molecule has 0 radical (unpaired) electrons. The maximum atomic E-state index is 14.0. The van der Waals surface area contributed by atoms with Crippen molar-refractivity contribution >= 4 is 5.78 Å². The first-order valence-corrected chi connectivity index (χ1v) is 8.95. The van der Waals surface area contributed by atoms with Gasteiger partial charge in [0.05, 0.1) is 5.41 Å². The molecule has 0 aliphatic heterocycles. The molecule has 4 rings (SSSR count). The lowest BCUT2D eigenvalue weighted by Crippen LogP contribution is -2.50. The second kappa shape index (κ2) is 4.42. The first kappa shape index (κ1) is 14.8. The Morgan fingerprint density at radius 3 is 2.59 bits per heavy atom.